The van der Waals surface area contributed by atoms with Crippen molar-refractivity contribution in [3.63, 3.8) is 0 Å². The van der Waals surface area contributed by atoms with Crippen molar-refractivity contribution in [2.45, 2.75) is 26.4 Å². The summed E-state index contributed by atoms with van der Waals surface area (Å²) in [5.41, 5.74) is 1.90. The topological polar surface area (TPSA) is 74.5 Å². The molecule has 25 heavy (non-hydrogen) atoms. The van der Waals surface area contributed by atoms with E-state index >= 15 is 0 Å². The molecule has 3 aromatic rings. The second-order valence-electron chi connectivity index (χ2n) is 5.67. The van der Waals surface area contributed by atoms with Gasteiger partial charge in [-0.25, -0.2) is 4.79 Å². The Bertz CT molecular complexity index is 827. The summed E-state index contributed by atoms with van der Waals surface area (Å²) in [5.74, 6) is 1.24. The van der Waals surface area contributed by atoms with Crippen LogP contribution in [0.25, 0.3) is 11.5 Å². The zero-order chi connectivity index (χ0) is 17.6. The van der Waals surface area contributed by atoms with Crippen LogP contribution < -0.4 is 4.74 Å². The minimum Gasteiger partial charge on any atom is -0.482 e. The van der Waals surface area contributed by atoms with Crippen molar-refractivity contribution < 1.29 is 18.8 Å². The molecule has 0 fully saturated rings. The fourth-order valence-corrected chi connectivity index (χ4v) is 2.86. The Balaban J connectivity index is 1.50. The van der Waals surface area contributed by atoms with Crippen LogP contribution in [0.2, 0.25) is 0 Å². The van der Waals surface area contributed by atoms with Crippen molar-refractivity contribution in [3.05, 3.63) is 52.5 Å². The van der Waals surface area contributed by atoms with Gasteiger partial charge in [0, 0.05) is 5.38 Å². The Morgan fingerprint density at radius 3 is 2.88 bits per heavy atom. The molecule has 130 valence electrons. The number of hydrogen-bond acceptors (Lipinski definition) is 7. The zero-order valence-electron chi connectivity index (χ0n) is 14.0. The lowest BCUT2D eigenvalue weighted by Crippen LogP contribution is -2.15. The van der Waals surface area contributed by atoms with E-state index in [1.165, 1.54) is 11.3 Å². The molecule has 0 amide bonds. The fraction of sp³-hybridized carbons (Fsp3) is 0.278. The summed E-state index contributed by atoms with van der Waals surface area (Å²) in [6.45, 7) is 3.92. The van der Waals surface area contributed by atoms with Gasteiger partial charge in [0.05, 0.1) is 5.56 Å². The molecule has 0 N–H and O–H groups in total. The van der Waals surface area contributed by atoms with E-state index in [1.54, 1.807) is 0 Å². The Labute approximate surface area is 149 Å². The Morgan fingerprint density at radius 2 is 2.12 bits per heavy atom. The lowest BCUT2D eigenvalue weighted by Gasteiger charge is -2.13. The van der Waals surface area contributed by atoms with Gasteiger partial charge in [0.2, 0.25) is 5.82 Å². The van der Waals surface area contributed by atoms with Crippen molar-refractivity contribution in [2.24, 2.45) is 0 Å². The van der Waals surface area contributed by atoms with Gasteiger partial charge in [-0.3, -0.25) is 0 Å². The van der Waals surface area contributed by atoms with Crippen molar-refractivity contribution in [3.8, 4) is 17.2 Å². The quantitative estimate of drug-likeness (QED) is 0.593. The zero-order valence-corrected chi connectivity index (χ0v) is 14.8. The van der Waals surface area contributed by atoms with Crippen LogP contribution in [0.15, 0.2) is 45.6 Å². The molecule has 0 saturated carbocycles. The van der Waals surface area contributed by atoms with Gasteiger partial charge in [-0.05, 0) is 29.0 Å². The highest BCUT2D eigenvalue weighted by Crippen LogP contribution is 2.25. The first-order chi connectivity index (χ1) is 12.1. The number of carbonyl (C=O) groups excluding carboxylic acids is 1. The standard InChI is InChI=1S/C18H18N2O4S/c1-12(2)14-5-3-4-6-15(14)22-10-17(21)23-9-16-19-18(24-20-16)13-7-8-25-11-13/h3-8,11-12H,9-10H2,1-2H3. The summed E-state index contributed by atoms with van der Waals surface area (Å²) >= 11 is 1.54. The second kappa shape index (κ2) is 7.94. The molecule has 1 aromatic carbocycles. The lowest BCUT2D eigenvalue weighted by atomic mass is 10.0. The minimum absolute atomic E-state index is 0.0539. The summed E-state index contributed by atoms with van der Waals surface area (Å²) in [7, 11) is 0. The molecule has 0 aliphatic heterocycles. The summed E-state index contributed by atoms with van der Waals surface area (Å²) in [6.07, 6.45) is 0. The molecule has 0 saturated heterocycles. The van der Waals surface area contributed by atoms with Gasteiger partial charge in [0.1, 0.15) is 5.75 Å². The number of thiophene rings is 1. The van der Waals surface area contributed by atoms with Crippen LogP contribution in [0.1, 0.15) is 31.2 Å². The van der Waals surface area contributed by atoms with Gasteiger partial charge in [0.25, 0.3) is 5.89 Å². The van der Waals surface area contributed by atoms with Gasteiger partial charge in [-0.15, -0.1) is 0 Å². The molecule has 0 spiro atoms. The van der Waals surface area contributed by atoms with Crippen LogP contribution in [-0.4, -0.2) is 22.7 Å². The maximum atomic E-state index is 11.9. The minimum atomic E-state index is -0.486. The number of nitrogens with zero attached hydrogens (tertiary/aromatic N) is 2. The van der Waals surface area contributed by atoms with E-state index in [9.17, 15) is 4.79 Å². The average Bonchev–Trinajstić information content (AvgIpc) is 3.29. The Hall–Kier alpha value is -2.67. The summed E-state index contributed by atoms with van der Waals surface area (Å²) < 4.78 is 15.8. The third-order valence-corrected chi connectivity index (χ3v) is 4.17. The molecule has 0 unspecified atom stereocenters. The number of rotatable bonds is 7. The van der Waals surface area contributed by atoms with E-state index in [-0.39, 0.29) is 13.2 Å². The molecule has 0 radical (unpaired) electrons. The predicted octanol–water partition coefficient (Wildman–Crippen LogP) is 4.04. The first-order valence-electron chi connectivity index (χ1n) is 7.86. The van der Waals surface area contributed by atoms with Crippen molar-refractivity contribution >= 4 is 17.3 Å². The molecule has 0 aliphatic rings. The summed E-state index contributed by atoms with van der Waals surface area (Å²) in [4.78, 5) is 16.1. The maximum absolute atomic E-state index is 11.9. The summed E-state index contributed by atoms with van der Waals surface area (Å²) in [6, 6.07) is 9.53. The van der Waals surface area contributed by atoms with Crippen LogP contribution >= 0.6 is 11.3 Å². The highest BCUT2D eigenvalue weighted by Gasteiger charge is 2.13. The van der Waals surface area contributed by atoms with E-state index in [4.69, 9.17) is 14.0 Å². The second-order valence-corrected chi connectivity index (χ2v) is 6.45. The van der Waals surface area contributed by atoms with Gasteiger partial charge in [-0.2, -0.15) is 16.3 Å². The van der Waals surface area contributed by atoms with Gasteiger partial charge >= 0.3 is 5.97 Å². The molecule has 2 heterocycles. The van der Waals surface area contributed by atoms with E-state index in [0.717, 1.165) is 11.1 Å². The fourth-order valence-electron chi connectivity index (χ4n) is 2.23. The first kappa shape index (κ1) is 17.2. The van der Waals surface area contributed by atoms with Crippen molar-refractivity contribution in [1.29, 1.82) is 0 Å². The number of para-hydroxylation sites is 1. The Morgan fingerprint density at radius 1 is 1.28 bits per heavy atom. The molecule has 0 bridgehead atoms. The van der Waals surface area contributed by atoms with Crippen LogP contribution in [0, 0.1) is 0 Å². The molecule has 3 rings (SSSR count). The van der Waals surface area contributed by atoms with E-state index < -0.39 is 5.97 Å². The number of benzene rings is 1. The molecular formula is C18H18N2O4S. The Kier molecular flexibility index (Phi) is 5.45. The number of ether oxygens (including phenoxy) is 2. The number of esters is 1. The van der Waals surface area contributed by atoms with E-state index in [2.05, 4.69) is 24.0 Å². The molecule has 0 aliphatic carbocycles. The highest BCUT2D eigenvalue weighted by molar-refractivity contribution is 7.08. The van der Waals surface area contributed by atoms with Crippen molar-refractivity contribution in [1.82, 2.24) is 10.1 Å². The highest BCUT2D eigenvalue weighted by atomic mass is 32.1. The molecular weight excluding hydrogens is 340 g/mol. The third-order valence-electron chi connectivity index (χ3n) is 3.49. The SMILES string of the molecule is CC(C)c1ccccc1OCC(=O)OCc1noc(-c2ccsc2)n1. The molecule has 6 nitrogen and oxygen atoms in total. The monoisotopic (exact) mass is 358 g/mol. The molecule has 0 atom stereocenters. The largest absolute Gasteiger partial charge is 0.482 e. The van der Waals surface area contributed by atoms with Gasteiger partial charge < -0.3 is 14.0 Å². The number of aromatic nitrogens is 2. The van der Waals surface area contributed by atoms with E-state index in [0.29, 0.717) is 23.4 Å². The van der Waals surface area contributed by atoms with Crippen LogP contribution in [0.3, 0.4) is 0 Å². The van der Waals surface area contributed by atoms with E-state index in [1.807, 2.05) is 41.1 Å². The lowest BCUT2D eigenvalue weighted by molar-refractivity contribution is -0.147. The van der Waals surface area contributed by atoms with Crippen LogP contribution in [0.5, 0.6) is 5.75 Å². The molecule has 2 aromatic heterocycles. The van der Waals surface area contributed by atoms with Gasteiger partial charge in [-0.1, -0.05) is 37.2 Å². The predicted molar refractivity (Wildman–Crippen MR) is 93.4 cm³/mol. The first-order valence-corrected chi connectivity index (χ1v) is 8.80. The third kappa shape index (κ3) is 4.45. The maximum Gasteiger partial charge on any atom is 0.344 e. The normalized spacial score (nSPS) is 10.8. The number of hydrogen-bond donors (Lipinski definition) is 0. The van der Waals surface area contributed by atoms with Gasteiger partial charge in [0.15, 0.2) is 13.2 Å². The van der Waals surface area contributed by atoms with Crippen LogP contribution in [-0.2, 0) is 16.1 Å². The molecule has 7 heteroatoms. The summed E-state index contributed by atoms with van der Waals surface area (Å²) in [5, 5.41) is 7.63. The average molecular weight is 358 g/mol. The van der Waals surface area contributed by atoms with Crippen molar-refractivity contribution in [2.75, 3.05) is 6.61 Å². The van der Waals surface area contributed by atoms with Crippen LogP contribution in [0.4, 0.5) is 0 Å². The smallest absolute Gasteiger partial charge is 0.344 e. The number of carbonyl (C=O) groups is 1.